The Bertz CT molecular complexity index is 1320. The maximum atomic E-state index is 14.7. The number of halogens is 5. The van der Waals surface area contributed by atoms with Crippen molar-refractivity contribution < 1.29 is 31.8 Å². The largest absolute Gasteiger partial charge is 0.417 e. The number of alkyl halides is 3. The zero-order valence-corrected chi connectivity index (χ0v) is 19.4. The van der Waals surface area contributed by atoms with Gasteiger partial charge in [0.25, 0.3) is 5.56 Å². The van der Waals surface area contributed by atoms with E-state index in [4.69, 9.17) is 4.74 Å². The summed E-state index contributed by atoms with van der Waals surface area (Å²) in [6, 6.07) is 2.62. The number of aromatic amines is 2. The average Bonchev–Trinajstić information content (AvgIpc) is 2.75. The molecule has 35 heavy (non-hydrogen) atoms. The molecule has 13 heteroatoms. The van der Waals surface area contributed by atoms with Crippen molar-refractivity contribution in [3.8, 4) is 11.1 Å². The van der Waals surface area contributed by atoms with Gasteiger partial charge in [-0.05, 0) is 32.3 Å². The van der Waals surface area contributed by atoms with E-state index in [0.717, 1.165) is 23.9 Å². The van der Waals surface area contributed by atoms with Crippen molar-refractivity contribution in [2.75, 3.05) is 39.6 Å². The van der Waals surface area contributed by atoms with E-state index >= 15 is 0 Å². The Morgan fingerprint density at radius 1 is 1.14 bits per heavy atom. The van der Waals surface area contributed by atoms with E-state index in [-0.39, 0.29) is 22.8 Å². The molecule has 1 atom stereocenters. The molecule has 0 fully saturated rings. The van der Waals surface area contributed by atoms with Crippen LogP contribution >= 0.6 is 11.8 Å². The van der Waals surface area contributed by atoms with Gasteiger partial charge in [0.05, 0.1) is 35.8 Å². The first kappa shape index (κ1) is 26.9. The van der Waals surface area contributed by atoms with Crippen molar-refractivity contribution >= 4 is 22.7 Å². The van der Waals surface area contributed by atoms with E-state index in [1.54, 1.807) is 14.1 Å². The molecule has 3 rings (SSSR count). The minimum absolute atomic E-state index is 0.0923. The van der Waals surface area contributed by atoms with Gasteiger partial charge in [-0.1, -0.05) is 0 Å². The summed E-state index contributed by atoms with van der Waals surface area (Å²) in [7, 11) is 3.61. The van der Waals surface area contributed by atoms with Gasteiger partial charge in [-0.3, -0.25) is 9.78 Å². The number of benzene rings is 2. The monoisotopic (exact) mass is 519 g/mol. The fraction of sp³-hybridized carbons (Fsp3) is 0.364. The second-order valence-corrected chi connectivity index (χ2v) is 8.90. The predicted molar refractivity (Wildman–Crippen MR) is 122 cm³/mol. The first-order valence-corrected chi connectivity index (χ1v) is 11.3. The highest BCUT2D eigenvalue weighted by atomic mass is 32.2. The van der Waals surface area contributed by atoms with Gasteiger partial charge in [-0.25, -0.2) is 13.6 Å². The first-order valence-electron chi connectivity index (χ1n) is 10.3. The molecular formula is C22H22F5N3O4S. The van der Waals surface area contributed by atoms with Crippen LogP contribution in [0.1, 0.15) is 5.56 Å². The highest BCUT2D eigenvalue weighted by Gasteiger charge is 2.37. The van der Waals surface area contributed by atoms with Gasteiger partial charge in [-0.2, -0.15) is 13.2 Å². The highest BCUT2D eigenvalue weighted by Crippen LogP contribution is 2.45. The lowest BCUT2D eigenvalue weighted by Gasteiger charge is -2.21. The van der Waals surface area contributed by atoms with E-state index in [9.17, 15) is 36.6 Å². The molecule has 2 aromatic carbocycles. The summed E-state index contributed by atoms with van der Waals surface area (Å²) in [5, 5.41) is 9.20. The lowest BCUT2D eigenvalue weighted by Crippen LogP contribution is -2.26. The van der Waals surface area contributed by atoms with E-state index in [2.05, 4.69) is 4.98 Å². The summed E-state index contributed by atoms with van der Waals surface area (Å²) in [4.78, 5) is 30.1. The van der Waals surface area contributed by atoms with Crippen LogP contribution in [0.15, 0.2) is 38.8 Å². The molecule has 1 aromatic heterocycles. The van der Waals surface area contributed by atoms with Crippen LogP contribution < -0.4 is 11.2 Å². The smallest absolute Gasteiger partial charge is 0.394 e. The maximum Gasteiger partial charge on any atom is 0.417 e. The lowest BCUT2D eigenvalue weighted by atomic mass is 9.96. The minimum atomic E-state index is -5.03. The van der Waals surface area contributed by atoms with Gasteiger partial charge in [0.2, 0.25) is 0 Å². The highest BCUT2D eigenvalue weighted by molar-refractivity contribution is 7.99. The Hall–Kier alpha value is -2.74. The molecule has 0 unspecified atom stereocenters. The molecule has 190 valence electrons. The van der Waals surface area contributed by atoms with Crippen LogP contribution in [0.5, 0.6) is 0 Å². The fourth-order valence-electron chi connectivity index (χ4n) is 3.34. The SMILES string of the molecule is CN(C)CCO[C@@H](CO)CSc1c(-c2ccc(F)cc2F)c(C(F)(F)F)cc2c(=O)[nH]c(=O)[nH]c12. The average molecular weight is 519 g/mol. The van der Waals surface area contributed by atoms with E-state index in [0.29, 0.717) is 18.7 Å². The Kier molecular flexibility index (Phi) is 8.36. The molecule has 0 saturated carbocycles. The molecule has 0 radical (unpaired) electrons. The van der Waals surface area contributed by atoms with E-state index in [1.165, 1.54) is 0 Å². The number of fused-ring (bicyclic) bond motifs is 1. The number of hydrogen-bond acceptors (Lipinski definition) is 6. The Morgan fingerprint density at radius 3 is 2.46 bits per heavy atom. The standard InChI is InChI=1S/C22H22F5N3O4S/c1-30(2)5-6-34-12(9-31)10-35-19-17(13-4-3-11(23)7-16(13)24)15(22(25,26)27)8-14-18(19)28-21(33)29-20(14)32/h3-4,7-8,12,31H,5-6,9-10H2,1-2H3,(H2,28,29,32,33)/t12-/m0/s1. The molecule has 3 aromatic rings. The summed E-state index contributed by atoms with van der Waals surface area (Å²) in [6.07, 6.45) is -5.84. The summed E-state index contributed by atoms with van der Waals surface area (Å²) in [5.41, 5.74) is -4.87. The number of ether oxygens (including phenoxy) is 1. The first-order chi connectivity index (χ1) is 16.4. The third-order valence-electron chi connectivity index (χ3n) is 5.01. The number of aliphatic hydroxyl groups excluding tert-OH is 1. The molecule has 0 aliphatic rings. The van der Waals surface area contributed by atoms with Crippen molar-refractivity contribution in [3.63, 3.8) is 0 Å². The maximum absolute atomic E-state index is 14.7. The Labute approximate surface area is 199 Å². The van der Waals surface area contributed by atoms with Crippen LogP contribution in [0.2, 0.25) is 0 Å². The van der Waals surface area contributed by atoms with Gasteiger partial charge in [-0.15, -0.1) is 11.8 Å². The molecular weight excluding hydrogens is 497 g/mol. The number of hydrogen-bond donors (Lipinski definition) is 3. The predicted octanol–water partition coefficient (Wildman–Crippen LogP) is 3.21. The summed E-state index contributed by atoms with van der Waals surface area (Å²) in [5.74, 6) is -2.34. The summed E-state index contributed by atoms with van der Waals surface area (Å²) in [6.45, 7) is 0.273. The van der Waals surface area contributed by atoms with Crippen LogP contribution in [0.25, 0.3) is 22.0 Å². The minimum Gasteiger partial charge on any atom is -0.394 e. The molecule has 0 saturated heterocycles. The van der Waals surface area contributed by atoms with Gasteiger partial charge in [0.1, 0.15) is 11.6 Å². The number of rotatable bonds is 9. The third kappa shape index (κ3) is 6.28. The number of nitrogens with zero attached hydrogens (tertiary/aromatic N) is 1. The molecule has 0 bridgehead atoms. The second-order valence-electron chi connectivity index (χ2n) is 7.87. The number of aromatic nitrogens is 2. The number of nitrogens with one attached hydrogen (secondary N) is 2. The van der Waals surface area contributed by atoms with E-state index in [1.807, 2.05) is 9.88 Å². The molecule has 0 aliphatic heterocycles. The van der Waals surface area contributed by atoms with Crippen LogP contribution in [-0.4, -0.2) is 65.7 Å². The van der Waals surface area contributed by atoms with Crippen molar-refractivity contribution in [1.82, 2.24) is 14.9 Å². The second kappa shape index (κ2) is 10.9. The lowest BCUT2D eigenvalue weighted by molar-refractivity contribution is -0.137. The van der Waals surface area contributed by atoms with Crippen LogP contribution in [-0.2, 0) is 10.9 Å². The topological polar surface area (TPSA) is 98.4 Å². The van der Waals surface area contributed by atoms with Gasteiger partial charge < -0.3 is 19.7 Å². The zero-order valence-electron chi connectivity index (χ0n) is 18.6. The van der Waals surface area contributed by atoms with Gasteiger partial charge in [0, 0.05) is 34.4 Å². The van der Waals surface area contributed by atoms with Crippen LogP contribution in [0, 0.1) is 11.6 Å². The van der Waals surface area contributed by atoms with Crippen molar-refractivity contribution in [1.29, 1.82) is 0 Å². The third-order valence-corrected chi connectivity index (χ3v) is 6.24. The molecule has 0 spiro atoms. The van der Waals surface area contributed by atoms with E-state index < -0.39 is 63.8 Å². The number of H-pyrrole nitrogens is 2. The number of likely N-dealkylation sites (N-methyl/N-ethyl adjacent to an activating group) is 1. The van der Waals surface area contributed by atoms with Crippen molar-refractivity contribution in [3.05, 3.63) is 62.3 Å². The molecule has 3 N–H and O–H groups in total. The van der Waals surface area contributed by atoms with Gasteiger partial charge >= 0.3 is 11.9 Å². The van der Waals surface area contributed by atoms with Gasteiger partial charge in [0.15, 0.2) is 0 Å². The van der Waals surface area contributed by atoms with Crippen molar-refractivity contribution in [2.24, 2.45) is 0 Å². The number of aliphatic hydroxyl groups is 1. The molecule has 7 nitrogen and oxygen atoms in total. The van der Waals surface area contributed by atoms with Crippen LogP contribution in [0.3, 0.4) is 0 Å². The summed E-state index contributed by atoms with van der Waals surface area (Å²) < 4.78 is 76.2. The Morgan fingerprint density at radius 2 is 1.86 bits per heavy atom. The number of thioether (sulfide) groups is 1. The fourth-order valence-corrected chi connectivity index (χ4v) is 4.56. The summed E-state index contributed by atoms with van der Waals surface area (Å²) >= 11 is 0.742. The molecule has 0 aliphatic carbocycles. The quantitative estimate of drug-likeness (QED) is 0.297. The van der Waals surface area contributed by atoms with Crippen LogP contribution in [0.4, 0.5) is 22.0 Å². The zero-order chi connectivity index (χ0) is 25.9. The molecule has 0 amide bonds. The normalized spacial score (nSPS) is 13.1. The van der Waals surface area contributed by atoms with Crippen molar-refractivity contribution in [2.45, 2.75) is 17.2 Å². The molecule has 1 heterocycles. The Balaban J connectivity index is 2.25.